The summed E-state index contributed by atoms with van der Waals surface area (Å²) in [6.45, 7) is 1.27. The predicted molar refractivity (Wildman–Crippen MR) is 68.1 cm³/mol. The zero-order chi connectivity index (χ0) is 14.4. The molecule has 0 aliphatic rings. The molecular weight excluding hydrogens is 251 g/mol. The van der Waals surface area contributed by atoms with E-state index in [9.17, 15) is 14.0 Å². The Hall–Kier alpha value is -1.95. The lowest BCUT2D eigenvalue weighted by molar-refractivity contribution is -0.131. The molecule has 5 nitrogen and oxygen atoms in total. The van der Waals surface area contributed by atoms with Gasteiger partial charge in [0.1, 0.15) is 5.82 Å². The number of likely N-dealkylation sites (N-methyl/N-ethyl adjacent to an activating group) is 1. The average molecular weight is 268 g/mol. The molecule has 0 spiro atoms. The fourth-order valence-corrected chi connectivity index (χ4v) is 1.39. The quantitative estimate of drug-likeness (QED) is 0.812. The molecule has 1 atom stereocenters. The Morgan fingerprint density at radius 2 is 2.05 bits per heavy atom. The molecule has 0 aliphatic heterocycles. The first-order valence-electron chi connectivity index (χ1n) is 5.86. The van der Waals surface area contributed by atoms with Crippen LogP contribution >= 0.6 is 0 Å². The first-order valence-corrected chi connectivity index (χ1v) is 5.86. The van der Waals surface area contributed by atoms with E-state index in [1.165, 1.54) is 30.1 Å². The van der Waals surface area contributed by atoms with E-state index in [-0.39, 0.29) is 30.7 Å². The van der Waals surface area contributed by atoms with Crippen molar-refractivity contribution >= 4 is 11.8 Å². The second-order valence-electron chi connectivity index (χ2n) is 4.20. The van der Waals surface area contributed by atoms with E-state index in [4.69, 9.17) is 5.11 Å². The topological polar surface area (TPSA) is 69.6 Å². The molecule has 0 aliphatic carbocycles. The fourth-order valence-electron chi connectivity index (χ4n) is 1.39. The zero-order valence-electron chi connectivity index (χ0n) is 10.9. The van der Waals surface area contributed by atoms with Crippen LogP contribution in [0, 0.1) is 5.82 Å². The van der Waals surface area contributed by atoms with Crippen LogP contribution < -0.4 is 5.32 Å². The molecule has 0 heterocycles. The lowest BCUT2D eigenvalue weighted by atomic mass is 10.2. The number of nitrogens with zero attached hydrogens (tertiary/aromatic N) is 1. The largest absolute Gasteiger partial charge is 0.394 e. The molecule has 2 N–H and O–H groups in total. The Balaban J connectivity index is 2.56. The normalized spacial score (nSPS) is 11.8. The number of nitrogens with one attached hydrogen (secondary N) is 1. The Labute approximate surface area is 111 Å². The second-order valence-corrected chi connectivity index (χ2v) is 4.20. The average Bonchev–Trinajstić information content (AvgIpc) is 2.43. The van der Waals surface area contributed by atoms with Gasteiger partial charge in [-0.3, -0.25) is 9.59 Å². The van der Waals surface area contributed by atoms with Gasteiger partial charge < -0.3 is 15.3 Å². The number of aliphatic hydroxyl groups excluding tert-OH is 1. The number of carbonyl (C=O) groups is 2. The van der Waals surface area contributed by atoms with Crippen molar-refractivity contribution in [1.82, 2.24) is 10.2 Å². The maximum absolute atomic E-state index is 13.3. The summed E-state index contributed by atoms with van der Waals surface area (Å²) in [5.74, 6) is -1.63. The molecule has 6 heteroatoms. The van der Waals surface area contributed by atoms with E-state index in [0.29, 0.717) is 0 Å². The van der Waals surface area contributed by atoms with E-state index < -0.39 is 11.7 Å². The van der Waals surface area contributed by atoms with E-state index in [0.717, 1.165) is 0 Å². The van der Waals surface area contributed by atoms with Gasteiger partial charge in [0.2, 0.25) is 5.91 Å². The van der Waals surface area contributed by atoms with Gasteiger partial charge in [-0.25, -0.2) is 4.39 Å². The molecule has 0 fully saturated rings. The third-order valence-corrected chi connectivity index (χ3v) is 2.84. The molecule has 0 radical (unpaired) electrons. The number of aliphatic hydroxyl groups is 1. The van der Waals surface area contributed by atoms with Crippen molar-refractivity contribution in [3.63, 3.8) is 0 Å². The van der Waals surface area contributed by atoms with Crippen molar-refractivity contribution in [2.24, 2.45) is 0 Å². The summed E-state index contributed by atoms with van der Waals surface area (Å²) >= 11 is 0. The van der Waals surface area contributed by atoms with Gasteiger partial charge in [0.15, 0.2) is 0 Å². The van der Waals surface area contributed by atoms with Crippen molar-refractivity contribution < 1.29 is 19.1 Å². The summed E-state index contributed by atoms with van der Waals surface area (Å²) < 4.78 is 13.3. The third-order valence-electron chi connectivity index (χ3n) is 2.84. The maximum atomic E-state index is 13.3. The Morgan fingerprint density at radius 3 is 2.63 bits per heavy atom. The standard InChI is InChI=1S/C13H17FN2O3/c1-9(8-17)16(2)12(18)7-15-13(19)10-5-3-4-6-11(10)14/h3-6,9,17H,7-8H2,1-2H3,(H,15,19). The fraction of sp³-hybridized carbons (Fsp3) is 0.385. The molecule has 1 aromatic rings. The van der Waals surface area contributed by atoms with Gasteiger partial charge in [0.05, 0.1) is 24.8 Å². The minimum Gasteiger partial charge on any atom is -0.394 e. The van der Waals surface area contributed by atoms with E-state index >= 15 is 0 Å². The number of halogens is 1. The maximum Gasteiger partial charge on any atom is 0.254 e. The SMILES string of the molecule is CC(CO)N(C)C(=O)CNC(=O)c1ccccc1F. The number of hydrogen-bond acceptors (Lipinski definition) is 3. The molecule has 0 saturated heterocycles. The highest BCUT2D eigenvalue weighted by molar-refractivity contribution is 5.96. The van der Waals surface area contributed by atoms with Crippen LogP contribution in [0.4, 0.5) is 4.39 Å². The summed E-state index contributed by atoms with van der Waals surface area (Å²) in [6.07, 6.45) is 0. The van der Waals surface area contributed by atoms with Crippen molar-refractivity contribution in [1.29, 1.82) is 0 Å². The van der Waals surface area contributed by atoms with Crippen LogP contribution in [0.25, 0.3) is 0 Å². The Morgan fingerprint density at radius 1 is 1.42 bits per heavy atom. The zero-order valence-corrected chi connectivity index (χ0v) is 10.9. The number of benzene rings is 1. The highest BCUT2D eigenvalue weighted by Crippen LogP contribution is 2.05. The van der Waals surface area contributed by atoms with Crippen LogP contribution in [0.3, 0.4) is 0 Å². The Bertz CT molecular complexity index is 465. The van der Waals surface area contributed by atoms with Gasteiger partial charge >= 0.3 is 0 Å². The van der Waals surface area contributed by atoms with E-state index in [1.807, 2.05) is 0 Å². The molecule has 1 unspecified atom stereocenters. The van der Waals surface area contributed by atoms with Crippen molar-refractivity contribution in [2.75, 3.05) is 20.2 Å². The first kappa shape index (κ1) is 15.1. The predicted octanol–water partition coefficient (Wildman–Crippen LogP) is 0.395. The molecule has 0 aromatic heterocycles. The van der Waals surface area contributed by atoms with Gasteiger partial charge in [0.25, 0.3) is 5.91 Å². The number of hydrogen-bond donors (Lipinski definition) is 2. The first-order chi connectivity index (χ1) is 8.97. The molecule has 104 valence electrons. The number of rotatable bonds is 5. The minimum atomic E-state index is -0.642. The van der Waals surface area contributed by atoms with Crippen molar-refractivity contribution in [3.05, 3.63) is 35.6 Å². The summed E-state index contributed by atoms with van der Waals surface area (Å²) in [5.41, 5.74) is -0.104. The van der Waals surface area contributed by atoms with Crippen molar-refractivity contribution in [2.45, 2.75) is 13.0 Å². The van der Waals surface area contributed by atoms with Crippen LogP contribution in [0.15, 0.2) is 24.3 Å². The lowest BCUT2D eigenvalue weighted by Gasteiger charge is -2.23. The van der Waals surface area contributed by atoms with Crippen molar-refractivity contribution in [3.8, 4) is 0 Å². The molecule has 1 rings (SSSR count). The van der Waals surface area contributed by atoms with Gasteiger partial charge in [-0.05, 0) is 19.1 Å². The van der Waals surface area contributed by atoms with Crippen LogP contribution in [0.5, 0.6) is 0 Å². The Kier molecular flexibility index (Phi) is 5.44. The van der Waals surface area contributed by atoms with E-state index in [1.54, 1.807) is 13.0 Å². The number of carbonyl (C=O) groups excluding carboxylic acids is 2. The highest BCUT2D eigenvalue weighted by Gasteiger charge is 2.17. The monoisotopic (exact) mass is 268 g/mol. The van der Waals surface area contributed by atoms with Gasteiger partial charge in [-0.2, -0.15) is 0 Å². The van der Waals surface area contributed by atoms with Gasteiger partial charge in [0, 0.05) is 7.05 Å². The van der Waals surface area contributed by atoms with Crippen LogP contribution in [-0.2, 0) is 4.79 Å². The second kappa shape index (κ2) is 6.84. The van der Waals surface area contributed by atoms with Crippen LogP contribution in [0.1, 0.15) is 17.3 Å². The van der Waals surface area contributed by atoms with Gasteiger partial charge in [-0.15, -0.1) is 0 Å². The van der Waals surface area contributed by atoms with E-state index in [2.05, 4.69) is 5.32 Å². The third kappa shape index (κ3) is 4.03. The van der Waals surface area contributed by atoms with Gasteiger partial charge in [-0.1, -0.05) is 12.1 Å². The summed E-state index contributed by atoms with van der Waals surface area (Å²) in [4.78, 5) is 24.7. The molecule has 19 heavy (non-hydrogen) atoms. The van der Waals surface area contributed by atoms with Crippen LogP contribution in [-0.4, -0.2) is 48.1 Å². The van der Waals surface area contributed by atoms with Crippen LogP contribution in [0.2, 0.25) is 0 Å². The summed E-state index contributed by atoms with van der Waals surface area (Å²) in [7, 11) is 1.53. The number of amides is 2. The minimum absolute atomic E-state index is 0.104. The molecular formula is C13H17FN2O3. The summed E-state index contributed by atoms with van der Waals surface area (Å²) in [5, 5.41) is 11.3. The molecule has 1 aromatic carbocycles. The molecule has 0 bridgehead atoms. The highest BCUT2D eigenvalue weighted by atomic mass is 19.1. The summed E-state index contributed by atoms with van der Waals surface area (Å²) in [6, 6.07) is 5.21. The molecule has 0 saturated carbocycles. The smallest absolute Gasteiger partial charge is 0.254 e. The molecule has 2 amide bonds. The lowest BCUT2D eigenvalue weighted by Crippen LogP contribution is -2.43.